The highest BCUT2D eigenvalue weighted by molar-refractivity contribution is 5.58. The van der Waals surface area contributed by atoms with Crippen LogP contribution in [0.1, 0.15) is 19.7 Å². The molecule has 1 aliphatic heterocycles. The van der Waals surface area contributed by atoms with E-state index < -0.39 is 0 Å². The van der Waals surface area contributed by atoms with E-state index in [1.165, 1.54) is 5.69 Å². The third-order valence-electron chi connectivity index (χ3n) is 4.53. The minimum atomic E-state index is 0.454. The lowest BCUT2D eigenvalue weighted by Gasteiger charge is -2.41. The Kier molecular flexibility index (Phi) is 4.81. The van der Waals surface area contributed by atoms with Crippen LogP contribution in [0.25, 0.3) is 0 Å². The molecular formula is C17H25N5O. The van der Waals surface area contributed by atoms with Crippen LogP contribution in [0.5, 0.6) is 5.75 Å². The van der Waals surface area contributed by atoms with Crippen LogP contribution in [0.4, 0.5) is 5.69 Å². The van der Waals surface area contributed by atoms with Gasteiger partial charge in [-0.05, 0) is 26.0 Å². The fourth-order valence-electron chi connectivity index (χ4n) is 3.20. The van der Waals surface area contributed by atoms with Crippen molar-refractivity contribution in [3.63, 3.8) is 0 Å². The fraction of sp³-hybridized carbons (Fsp3) is 0.529. The van der Waals surface area contributed by atoms with E-state index in [1.54, 1.807) is 13.4 Å². The van der Waals surface area contributed by atoms with E-state index >= 15 is 0 Å². The normalized spacial score (nSPS) is 19.1. The van der Waals surface area contributed by atoms with E-state index in [9.17, 15) is 0 Å². The van der Waals surface area contributed by atoms with Gasteiger partial charge in [-0.1, -0.05) is 12.1 Å². The molecule has 0 aliphatic carbocycles. The highest BCUT2D eigenvalue weighted by Gasteiger charge is 2.26. The predicted molar refractivity (Wildman–Crippen MR) is 90.8 cm³/mol. The molecule has 0 saturated carbocycles. The van der Waals surface area contributed by atoms with E-state index in [2.05, 4.69) is 45.9 Å². The minimum absolute atomic E-state index is 0.454. The molecule has 0 spiro atoms. The molecule has 0 bridgehead atoms. The zero-order chi connectivity index (χ0) is 16.2. The van der Waals surface area contributed by atoms with Gasteiger partial charge in [0.25, 0.3) is 0 Å². The Morgan fingerprint density at radius 2 is 2.09 bits per heavy atom. The molecular weight excluding hydrogens is 290 g/mol. The van der Waals surface area contributed by atoms with Crippen LogP contribution in [-0.4, -0.2) is 52.5 Å². The molecule has 1 saturated heterocycles. The molecule has 1 aromatic heterocycles. The van der Waals surface area contributed by atoms with Gasteiger partial charge >= 0.3 is 0 Å². The van der Waals surface area contributed by atoms with E-state index in [1.807, 2.05) is 16.8 Å². The van der Waals surface area contributed by atoms with Gasteiger partial charge in [-0.3, -0.25) is 4.90 Å². The van der Waals surface area contributed by atoms with Crippen LogP contribution in [0.3, 0.4) is 0 Å². The average Bonchev–Trinajstić information content (AvgIpc) is 3.04. The van der Waals surface area contributed by atoms with Gasteiger partial charge in [0, 0.05) is 32.2 Å². The molecule has 124 valence electrons. The van der Waals surface area contributed by atoms with Crippen molar-refractivity contribution >= 4 is 5.69 Å². The van der Waals surface area contributed by atoms with Crippen molar-refractivity contribution in [2.24, 2.45) is 0 Å². The van der Waals surface area contributed by atoms with Crippen molar-refractivity contribution < 1.29 is 4.74 Å². The molecule has 0 N–H and O–H groups in total. The third-order valence-corrected chi connectivity index (χ3v) is 4.53. The van der Waals surface area contributed by atoms with Gasteiger partial charge in [0.1, 0.15) is 17.9 Å². The van der Waals surface area contributed by atoms with Gasteiger partial charge in [-0.15, -0.1) is 0 Å². The van der Waals surface area contributed by atoms with Gasteiger partial charge in [-0.25, -0.2) is 9.67 Å². The zero-order valence-electron chi connectivity index (χ0n) is 14.1. The van der Waals surface area contributed by atoms with Gasteiger partial charge in [-0.2, -0.15) is 5.10 Å². The number of aryl methyl sites for hydroxylation is 1. The summed E-state index contributed by atoms with van der Waals surface area (Å²) >= 11 is 0. The Bertz CT molecular complexity index is 641. The lowest BCUT2D eigenvalue weighted by Crippen LogP contribution is -2.51. The molecule has 23 heavy (non-hydrogen) atoms. The highest BCUT2D eigenvalue weighted by Crippen LogP contribution is 2.29. The SMILES string of the molecule is CCn1ncnc1CN1CCN(c2ccccc2OC)C[C@@H]1C. The lowest BCUT2D eigenvalue weighted by molar-refractivity contribution is 0.173. The zero-order valence-corrected chi connectivity index (χ0v) is 14.1. The summed E-state index contributed by atoms with van der Waals surface area (Å²) in [5, 5.41) is 4.26. The summed E-state index contributed by atoms with van der Waals surface area (Å²) in [7, 11) is 1.73. The second-order valence-corrected chi connectivity index (χ2v) is 5.93. The van der Waals surface area contributed by atoms with Gasteiger partial charge < -0.3 is 9.64 Å². The molecule has 0 radical (unpaired) electrons. The maximum atomic E-state index is 5.50. The maximum Gasteiger partial charge on any atom is 0.142 e. The van der Waals surface area contributed by atoms with E-state index in [0.717, 1.165) is 44.3 Å². The number of ether oxygens (including phenoxy) is 1. The second-order valence-electron chi connectivity index (χ2n) is 5.93. The number of piperazine rings is 1. The second kappa shape index (κ2) is 7.00. The van der Waals surface area contributed by atoms with Crippen molar-refractivity contribution in [2.45, 2.75) is 33.0 Å². The van der Waals surface area contributed by atoms with Crippen LogP contribution in [0.2, 0.25) is 0 Å². The molecule has 2 heterocycles. The summed E-state index contributed by atoms with van der Waals surface area (Å²) in [6.45, 7) is 9.08. The number of aromatic nitrogens is 3. The summed E-state index contributed by atoms with van der Waals surface area (Å²) in [5.74, 6) is 1.99. The van der Waals surface area contributed by atoms with E-state index in [-0.39, 0.29) is 0 Å². The molecule has 1 aliphatic rings. The monoisotopic (exact) mass is 315 g/mol. The van der Waals surface area contributed by atoms with E-state index in [4.69, 9.17) is 4.74 Å². The Labute approximate surface area is 137 Å². The number of benzene rings is 1. The summed E-state index contributed by atoms with van der Waals surface area (Å²) in [6, 6.07) is 8.69. The molecule has 1 aromatic carbocycles. The van der Waals surface area contributed by atoms with Crippen LogP contribution >= 0.6 is 0 Å². The smallest absolute Gasteiger partial charge is 0.142 e. The molecule has 2 aromatic rings. The Morgan fingerprint density at radius 3 is 2.83 bits per heavy atom. The number of hydrogen-bond donors (Lipinski definition) is 0. The molecule has 1 atom stereocenters. The first-order valence-corrected chi connectivity index (χ1v) is 8.21. The number of hydrogen-bond acceptors (Lipinski definition) is 5. The molecule has 1 fully saturated rings. The molecule has 3 rings (SSSR count). The van der Waals surface area contributed by atoms with Gasteiger partial charge in [0.15, 0.2) is 0 Å². The largest absolute Gasteiger partial charge is 0.495 e. The van der Waals surface area contributed by atoms with Gasteiger partial charge in [0.05, 0.1) is 19.3 Å². The quantitative estimate of drug-likeness (QED) is 0.845. The van der Waals surface area contributed by atoms with Crippen molar-refractivity contribution in [3.05, 3.63) is 36.4 Å². The van der Waals surface area contributed by atoms with Crippen molar-refractivity contribution in [2.75, 3.05) is 31.6 Å². The first-order valence-electron chi connectivity index (χ1n) is 8.21. The topological polar surface area (TPSA) is 46.4 Å². The summed E-state index contributed by atoms with van der Waals surface area (Å²) in [5.41, 5.74) is 1.18. The molecule has 0 amide bonds. The summed E-state index contributed by atoms with van der Waals surface area (Å²) in [6.07, 6.45) is 1.65. The minimum Gasteiger partial charge on any atom is -0.495 e. The van der Waals surface area contributed by atoms with Crippen molar-refractivity contribution in [1.29, 1.82) is 0 Å². The maximum absolute atomic E-state index is 5.50. The van der Waals surface area contributed by atoms with Crippen LogP contribution in [0.15, 0.2) is 30.6 Å². The molecule has 6 heteroatoms. The third kappa shape index (κ3) is 3.32. The van der Waals surface area contributed by atoms with Crippen LogP contribution in [-0.2, 0) is 13.1 Å². The lowest BCUT2D eigenvalue weighted by atomic mass is 10.1. The first kappa shape index (κ1) is 15.8. The number of methoxy groups -OCH3 is 1. The highest BCUT2D eigenvalue weighted by atomic mass is 16.5. The predicted octanol–water partition coefficient (Wildman–Crippen LogP) is 2.02. The van der Waals surface area contributed by atoms with Gasteiger partial charge in [0.2, 0.25) is 0 Å². The fourth-order valence-corrected chi connectivity index (χ4v) is 3.20. The van der Waals surface area contributed by atoms with Crippen molar-refractivity contribution in [3.8, 4) is 5.75 Å². The van der Waals surface area contributed by atoms with Crippen LogP contribution in [0, 0.1) is 0 Å². The standard InChI is InChI=1S/C17H25N5O/c1-4-22-17(18-13-19-22)12-20-9-10-21(11-14(20)2)15-7-5-6-8-16(15)23-3/h5-8,13-14H,4,9-12H2,1-3H3/t14-/m0/s1. The number of para-hydroxylation sites is 2. The molecule has 6 nitrogen and oxygen atoms in total. The first-order chi connectivity index (χ1) is 11.2. The van der Waals surface area contributed by atoms with Crippen molar-refractivity contribution in [1.82, 2.24) is 19.7 Å². The summed E-state index contributed by atoms with van der Waals surface area (Å²) in [4.78, 5) is 9.28. The van der Waals surface area contributed by atoms with E-state index in [0.29, 0.717) is 6.04 Å². The summed E-state index contributed by atoms with van der Waals surface area (Å²) < 4.78 is 7.47. The number of nitrogens with zero attached hydrogens (tertiary/aromatic N) is 5. The Balaban J connectivity index is 1.68. The average molecular weight is 315 g/mol. The number of anilines is 1. The number of rotatable bonds is 5. The van der Waals surface area contributed by atoms with Crippen LogP contribution < -0.4 is 9.64 Å². The Hall–Kier alpha value is -2.08. The molecule has 0 unspecified atom stereocenters. The Morgan fingerprint density at radius 1 is 1.26 bits per heavy atom.